The Bertz CT molecular complexity index is 1900. The predicted molar refractivity (Wildman–Crippen MR) is 176 cm³/mol. The van der Waals surface area contributed by atoms with Crippen molar-refractivity contribution >= 4 is 15.9 Å². The lowest BCUT2D eigenvalue weighted by molar-refractivity contribution is 1.18. The van der Waals surface area contributed by atoms with Gasteiger partial charge < -0.3 is 0 Å². The molecule has 0 spiro atoms. The Morgan fingerprint density at radius 2 is 0.698 bits per heavy atom. The second kappa shape index (κ2) is 11.9. The molecule has 6 heteroatoms. The van der Waals surface area contributed by atoms with Crippen LogP contribution in [0.25, 0.3) is 67.3 Å². The lowest BCUT2D eigenvalue weighted by Crippen LogP contribution is -1.96. The molecule has 0 bridgehead atoms. The normalized spacial score (nSPS) is 10.9. The molecule has 5 nitrogen and oxygen atoms in total. The fraction of sp³-hybridized carbons (Fsp3) is 0. The molecule has 0 aliphatic rings. The van der Waals surface area contributed by atoms with Gasteiger partial charge in [0.05, 0.1) is 11.4 Å². The van der Waals surface area contributed by atoms with E-state index in [4.69, 9.17) is 9.97 Å². The van der Waals surface area contributed by atoms with Crippen LogP contribution in [0.1, 0.15) is 0 Å². The van der Waals surface area contributed by atoms with Crippen molar-refractivity contribution in [1.29, 1.82) is 0 Å². The van der Waals surface area contributed by atoms with Gasteiger partial charge in [-0.2, -0.15) is 0 Å². The van der Waals surface area contributed by atoms with Crippen molar-refractivity contribution in [3.63, 3.8) is 0 Å². The molecule has 0 saturated heterocycles. The molecule has 0 N–H and O–H groups in total. The first-order valence-corrected chi connectivity index (χ1v) is 14.6. The van der Waals surface area contributed by atoms with E-state index in [-0.39, 0.29) is 0 Å². The molecule has 0 atom stereocenters. The van der Waals surface area contributed by atoms with Crippen molar-refractivity contribution in [3.8, 4) is 67.3 Å². The van der Waals surface area contributed by atoms with E-state index in [2.05, 4.69) is 104 Å². The summed E-state index contributed by atoms with van der Waals surface area (Å²) in [6, 6.07) is 37.3. The smallest absolute Gasteiger partial charge is 0.160 e. The standard InChI is InChI=1S/C37H24BrN5/c38-34-22-32(29-13-19-41-20-14-29)21-33(23-34)36-24-35(30-5-1-25(2-6-30)27-9-15-39-16-10-27)42-37(43-36)31-7-3-26(4-8-31)28-11-17-40-18-12-28/h1-24H. The lowest BCUT2D eigenvalue weighted by atomic mass is 10.00. The van der Waals surface area contributed by atoms with Crippen molar-refractivity contribution in [2.75, 3.05) is 0 Å². The molecule has 0 radical (unpaired) electrons. The highest BCUT2D eigenvalue weighted by atomic mass is 79.9. The van der Waals surface area contributed by atoms with Gasteiger partial charge in [-0.05, 0) is 94.0 Å². The summed E-state index contributed by atoms with van der Waals surface area (Å²) >= 11 is 3.73. The van der Waals surface area contributed by atoms with E-state index in [1.165, 1.54) is 0 Å². The van der Waals surface area contributed by atoms with Crippen molar-refractivity contribution in [2.24, 2.45) is 0 Å². The molecule has 0 saturated carbocycles. The molecule has 7 rings (SSSR count). The van der Waals surface area contributed by atoms with Crippen LogP contribution in [-0.4, -0.2) is 24.9 Å². The largest absolute Gasteiger partial charge is 0.265 e. The minimum atomic E-state index is 0.664. The van der Waals surface area contributed by atoms with Gasteiger partial charge in [0.1, 0.15) is 0 Å². The van der Waals surface area contributed by atoms with E-state index in [0.29, 0.717) is 5.82 Å². The maximum Gasteiger partial charge on any atom is 0.160 e. The maximum atomic E-state index is 5.08. The first-order valence-electron chi connectivity index (χ1n) is 13.8. The summed E-state index contributed by atoms with van der Waals surface area (Å²) in [6.07, 6.45) is 10.8. The van der Waals surface area contributed by atoms with Crippen LogP contribution in [0.5, 0.6) is 0 Å². The quantitative estimate of drug-likeness (QED) is 0.186. The number of halogens is 1. The third-order valence-electron chi connectivity index (χ3n) is 7.28. The number of pyridine rings is 3. The topological polar surface area (TPSA) is 64.5 Å². The van der Waals surface area contributed by atoms with Crippen LogP contribution in [0.15, 0.2) is 151 Å². The Morgan fingerprint density at radius 1 is 0.326 bits per heavy atom. The minimum Gasteiger partial charge on any atom is -0.265 e. The van der Waals surface area contributed by atoms with Gasteiger partial charge in [0, 0.05) is 58.3 Å². The van der Waals surface area contributed by atoms with Crippen LogP contribution >= 0.6 is 15.9 Å². The molecule has 0 amide bonds. The molecule has 0 unspecified atom stereocenters. The van der Waals surface area contributed by atoms with Gasteiger partial charge in [-0.15, -0.1) is 0 Å². The molecule has 0 aliphatic carbocycles. The predicted octanol–water partition coefficient (Wildman–Crippen LogP) is 9.43. The zero-order chi connectivity index (χ0) is 29.0. The zero-order valence-electron chi connectivity index (χ0n) is 23.0. The van der Waals surface area contributed by atoms with E-state index in [1.807, 2.05) is 61.2 Å². The Hall–Kier alpha value is -5.33. The van der Waals surface area contributed by atoms with Gasteiger partial charge in [-0.25, -0.2) is 9.97 Å². The number of hydrogen-bond acceptors (Lipinski definition) is 5. The number of nitrogens with zero attached hydrogens (tertiary/aromatic N) is 5. The van der Waals surface area contributed by atoms with Crippen LogP contribution in [0.3, 0.4) is 0 Å². The molecule has 0 aliphatic heterocycles. The Morgan fingerprint density at radius 3 is 1.21 bits per heavy atom. The molecular formula is C37H24BrN5. The van der Waals surface area contributed by atoms with Crippen molar-refractivity contribution in [1.82, 2.24) is 24.9 Å². The molecule has 4 aromatic heterocycles. The summed E-state index contributed by atoms with van der Waals surface area (Å²) in [6.45, 7) is 0. The summed E-state index contributed by atoms with van der Waals surface area (Å²) in [4.78, 5) is 22.6. The summed E-state index contributed by atoms with van der Waals surface area (Å²) in [7, 11) is 0. The molecular weight excluding hydrogens is 594 g/mol. The Labute approximate surface area is 258 Å². The number of aromatic nitrogens is 5. The van der Waals surface area contributed by atoms with Gasteiger partial charge in [0.2, 0.25) is 0 Å². The molecule has 43 heavy (non-hydrogen) atoms. The third kappa shape index (κ3) is 5.87. The summed E-state index contributed by atoms with van der Waals surface area (Å²) in [5.74, 6) is 0.664. The SMILES string of the molecule is Brc1cc(-c2ccncc2)cc(-c2cc(-c3ccc(-c4ccncc4)cc3)nc(-c3ccc(-c4ccncc4)cc3)n2)c1. The molecule has 204 valence electrons. The second-order valence-corrected chi connectivity index (χ2v) is 11.0. The highest BCUT2D eigenvalue weighted by molar-refractivity contribution is 9.10. The van der Waals surface area contributed by atoms with Crippen LogP contribution in [-0.2, 0) is 0 Å². The second-order valence-electron chi connectivity index (χ2n) is 10.1. The molecule has 4 heterocycles. The van der Waals surface area contributed by atoms with Crippen molar-refractivity contribution in [3.05, 3.63) is 151 Å². The number of benzene rings is 3. The van der Waals surface area contributed by atoms with Gasteiger partial charge in [-0.1, -0.05) is 64.5 Å². The molecule has 0 fully saturated rings. The van der Waals surface area contributed by atoms with E-state index in [0.717, 1.165) is 65.9 Å². The summed E-state index contributed by atoms with van der Waals surface area (Å²) < 4.78 is 0.974. The van der Waals surface area contributed by atoms with Crippen molar-refractivity contribution in [2.45, 2.75) is 0 Å². The zero-order valence-corrected chi connectivity index (χ0v) is 24.6. The van der Waals surface area contributed by atoms with Crippen LogP contribution in [0.2, 0.25) is 0 Å². The van der Waals surface area contributed by atoms with Gasteiger partial charge in [0.15, 0.2) is 5.82 Å². The first kappa shape index (κ1) is 26.6. The van der Waals surface area contributed by atoms with E-state index < -0.39 is 0 Å². The highest BCUT2D eigenvalue weighted by Crippen LogP contribution is 2.33. The minimum absolute atomic E-state index is 0.664. The van der Waals surface area contributed by atoms with E-state index >= 15 is 0 Å². The van der Waals surface area contributed by atoms with Crippen LogP contribution in [0, 0.1) is 0 Å². The number of hydrogen-bond donors (Lipinski definition) is 0. The first-order chi connectivity index (χ1) is 21.2. The average molecular weight is 619 g/mol. The van der Waals surface area contributed by atoms with Crippen LogP contribution < -0.4 is 0 Å². The molecule has 3 aromatic carbocycles. The Balaban J connectivity index is 1.34. The fourth-order valence-corrected chi connectivity index (χ4v) is 5.55. The fourth-order valence-electron chi connectivity index (χ4n) is 5.05. The highest BCUT2D eigenvalue weighted by Gasteiger charge is 2.13. The average Bonchev–Trinajstić information content (AvgIpc) is 3.09. The lowest BCUT2D eigenvalue weighted by Gasteiger charge is -2.12. The van der Waals surface area contributed by atoms with Crippen LogP contribution in [0.4, 0.5) is 0 Å². The van der Waals surface area contributed by atoms with Gasteiger partial charge in [0.25, 0.3) is 0 Å². The van der Waals surface area contributed by atoms with Gasteiger partial charge >= 0.3 is 0 Å². The Kier molecular flexibility index (Phi) is 7.34. The van der Waals surface area contributed by atoms with Gasteiger partial charge in [-0.3, -0.25) is 15.0 Å². The summed E-state index contributed by atoms with van der Waals surface area (Å²) in [5, 5.41) is 0. The van der Waals surface area contributed by atoms with E-state index in [9.17, 15) is 0 Å². The number of rotatable bonds is 6. The van der Waals surface area contributed by atoms with Crippen molar-refractivity contribution < 1.29 is 0 Å². The summed E-state index contributed by atoms with van der Waals surface area (Å²) in [5.41, 5.74) is 11.3. The molecule has 7 aromatic rings. The maximum absolute atomic E-state index is 5.08. The third-order valence-corrected chi connectivity index (χ3v) is 7.74. The van der Waals surface area contributed by atoms with E-state index in [1.54, 1.807) is 12.4 Å². The monoisotopic (exact) mass is 617 g/mol.